The first-order chi connectivity index (χ1) is 10.4. The zero-order chi connectivity index (χ0) is 16.3. The van der Waals surface area contributed by atoms with E-state index in [0.717, 1.165) is 5.39 Å². The normalized spacial score (nSPS) is 13.5. The molecule has 2 rings (SSSR count). The minimum Gasteiger partial charge on any atom is -0.467 e. The van der Waals surface area contributed by atoms with Crippen LogP contribution in [-0.2, 0) is 9.53 Å². The molecule has 0 fully saturated rings. The highest BCUT2D eigenvalue weighted by Crippen LogP contribution is 2.23. The van der Waals surface area contributed by atoms with Crippen molar-refractivity contribution in [2.45, 2.75) is 25.8 Å². The third-order valence-corrected chi connectivity index (χ3v) is 3.94. The summed E-state index contributed by atoms with van der Waals surface area (Å²) in [4.78, 5) is 28.5. The topological polar surface area (TPSA) is 68.3 Å². The predicted octanol–water partition coefficient (Wildman–Crippen LogP) is 2.96. The smallest absolute Gasteiger partial charge is 0.331 e. The van der Waals surface area contributed by atoms with Gasteiger partial charge in [-0.05, 0) is 25.5 Å². The van der Waals surface area contributed by atoms with Gasteiger partial charge in [-0.2, -0.15) is 0 Å². The van der Waals surface area contributed by atoms with Gasteiger partial charge in [-0.1, -0.05) is 36.7 Å². The zero-order valence-electron chi connectivity index (χ0n) is 12.6. The molecule has 0 saturated carbocycles. The summed E-state index contributed by atoms with van der Waals surface area (Å²) in [5.41, 5.74) is -0.324. The van der Waals surface area contributed by atoms with E-state index in [2.05, 4.69) is 10.3 Å². The summed E-state index contributed by atoms with van der Waals surface area (Å²) < 4.78 is 4.74. The monoisotopic (exact) mass is 320 g/mol. The fourth-order valence-electron chi connectivity index (χ4n) is 2.07. The molecule has 22 heavy (non-hydrogen) atoms. The second kappa shape index (κ2) is 6.32. The number of nitrogens with zero attached hydrogens (tertiary/aromatic N) is 1. The van der Waals surface area contributed by atoms with Crippen molar-refractivity contribution in [3.63, 3.8) is 0 Å². The number of benzene rings is 1. The molecule has 1 amide bonds. The van der Waals surface area contributed by atoms with Crippen LogP contribution >= 0.6 is 11.6 Å². The molecule has 0 aliphatic rings. The number of esters is 1. The quantitative estimate of drug-likeness (QED) is 0.879. The first kappa shape index (κ1) is 16.2. The Bertz CT molecular complexity index is 732. The molecule has 6 heteroatoms. The number of pyridine rings is 1. The third-order valence-electron chi connectivity index (χ3n) is 3.63. The SMILES string of the molecule is CC[C@@](C)(NC(=O)c1cc(Cl)c2ccccc2n1)C(=O)OC. The molecule has 1 heterocycles. The Kier molecular flexibility index (Phi) is 4.66. The zero-order valence-corrected chi connectivity index (χ0v) is 13.4. The summed E-state index contributed by atoms with van der Waals surface area (Å²) in [7, 11) is 1.29. The summed E-state index contributed by atoms with van der Waals surface area (Å²) in [6.45, 7) is 3.40. The number of ether oxygens (including phenoxy) is 1. The van der Waals surface area contributed by atoms with Crippen LogP contribution in [0, 0.1) is 0 Å². The summed E-state index contributed by atoms with van der Waals surface area (Å²) >= 11 is 6.19. The van der Waals surface area contributed by atoms with Crippen molar-refractivity contribution >= 4 is 34.4 Å². The fourth-order valence-corrected chi connectivity index (χ4v) is 2.34. The lowest BCUT2D eigenvalue weighted by atomic mass is 9.99. The van der Waals surface area contributed by atoms with Gasteiger partial charge >= 0.3 is 5.97 Å². The van der Waals surface area contributed by atoms with Gasteiger partial charge in [0.25, 0.3) is 5.91 Å². The molecule has 1 N–H and O–H groups in total. The van der Waals surface area contributed by atoms with Crippen molar-refractivity contribution in [2.24, 2.45) is 0 Å². The molecule has 0 aliphatic heterocycles. The molecule has 116 valence electrons. The van der Waals surface area contributed by atoms with E-state index in [1.807, 2.05) is 18.2 Å². The number of para-hydroxylation sites is 1. The van der Waals surface area contributed by atoms with Gasteiger partial charge in [0.05, 0.1) is 17.6 Å². The van der Waals surface area contributed by atoms with E-state index in [1.54, 1.807) is 19.9 Å². The number of carbonyl (C=O) groups is 2. The molecule has 1 aromatic heterocycles. The average Bonchev–Trinajstić information content (AvgIpc) is 2.53. The first-order valence-electron chi connectivity index (χ1n) is 6.87. The molecular formula is C16H17ClN2O3. The number of aromatic nitrogens is 1. The highest BCUT2D eigenvalue weighted by Gasteiger charge is 2.34. The lowest BCUT2D eigenvalue weighted by molar-refractivity contribution is -0.147. The maximum Gasteiger partial charge on any atom is 0.331 e. The Morgan fingerprint density at radius 1 is 1.36 bits per heavy atom. The van der Waals surface area contributed by atoms with Crippen LogP contribution in [0.25, 0.3) is 10.9 Å². The van der Waals surface area contributed by atoms with Crippen molar-refractivity contribution in [1.82, 2.24) is 10.3 Å². The third kappa shape index (κ3) is 3.04. The maximum atomic E-state index is 12.4. The Morgan fingerprint density at radius 2 is 2.05 bits per heavy atom. The van der Waals surface area contributed by atoms with Gasteiger partial charge in [0.15, 0.2) is 0 Å². The molecule has 0 saturated heterocycles. The highest BCUT2D eigenvalue weighted by atomic mass is 35.5. The van der Waals surface area contributed by atoms with Crippen LogP contribution in [0.2, 0.25) is 5.02 Å². The lowest BCUT2D eigenvalue weighted by Crippen LogP contribution is -2.52. The highest BCUT2D eigenvalue weighted by molar-refractivity contribution is 6.35. The van der Waals surface area contributed by atoms with Crippen LogP contribution in [0.1, 0.15) is 30.8 Å². The van der Waals surface area contributed by atoms with E-state index in [0.29, 0.717) is 17.0 Å². The van der Waals surface area contributed by atoms with Gasteiger partial charge in [-0.15, -0.1) is 0 Å². The van der Waals surface area contributed by atoms with E-state index in [-0.39, 0.29) is 5.69 Å². The molecule has 0 bridgehead atoms. The second-order valence-electron chi connectivity index (χ2n) is 5.14. The van der Waals surface area contributed by atoms with Crippen LogP contribution < -0.4 is 5.32 Å². The Morgan fingerprint density at radius 3 is 2.68 bits per heavy atom. The Balaban J connectivity index is 2.35. The van der Waals surface area contributed by atoms with Crippen LogP contribution in [0.5, 0.6) is 0 Å². The molecule has 0 aliphatic carbocycles. The lowest BCUT2D eigenvalue weighted by Gasteiger charge is -2.26. The van der Waals surface area contributed by atoms with Crippen molar-refractivity contribution in [3.8, 4) is 0 Å². The van der Waals surface area contributed by atoms with Gasteiger partial charge in [0, 0.05) is 5.39 Å². The van der Waals surface area contributed by atoms with Gasteiger partial charge in [-0.25, -0.2) is 9.78 Å². The van der Waals surface area contributed by atoms with Crippen LogP contribution in [0.4, 0.5) is 0 Å². The van der Waals surface area contributed by atoms with Crippen molar-refractivity contribution in [2.75, 3.05) is 7.11 Å². The minimum absolute atomic E-state index is 0.160. The number of halogens is 1. The van der Waals surface area contributed by atoms with E-state index in [4.69, 9.17) is 16.3 Å². The number of methoxy groups -OCH3 is 1. The maximum absolute atomic E-state index is 12.4. The molecule has 0 unspecified atom stereocenters. The Hall–Kier alpha value is -2.14. The van der Waals surface area contributed by atoms with Crippen LogP contribution in [0.15, 0.2) is 30.3 Å². The van der Waals surface area contributed by atoms with Gasteiger partial charge < -0.3 is 10.1 Å². The number of hydrogen-bond donors (Lipinski definition) is 1. The molecule has 1 atom stereocenters. The first-order valence-corrected chi connectivity index (χ1v) is 7.25. The summed E-state index contributed by atoms with van der Waals surface area (Å²) in [6.07, 6.45) is 0.396. The summed E-state index contributed by atoms with van der Waals surface area (Å²) in [5.74, 6) is -0.974. The van der Waals surface area contributed by atoms with Gasteiger partial charge in [0.2, 0.25) is 0 Å². The van der Waals surface area contributed by atoms with Crippen LogP contribution in [0.3, 0.4) is 0 Å². The summed E-state index contributed by atoms with van der Waals surface area (Å²) in [6, 6.07) is 8.76. The van der Waals surface area contributed by atoms with Crippen molar-refractivity contribution in [3.05, 3.63) is 41.0 Å². The number of amides is 1. The number of rotatable bonds is 4. The standard InChI is InChI=1S/C16H17ClN2O3/c1-4-16(2,15(21)22-3)19-14(20)13-9-11(17)10-7-5-6-8-12(10)18-13/h5-9H,4H2,1-3H3,(H,19,20)/t16-/m1/s1. The largest absolute Gasteiger partial charge is 0.467 e. The fraction of sp³-hybridized carbons (Fsp3) is 0.312. The molecule has 2 aromatic rings. The predicted molar refractivity (Wildman–Crippen MR) is 84.9 cm³/mol. The number of fused-ring (bicyclic) bond motifs is 1. The summed E-state index contributed by atoms with van der Waals surface area (Å²) in [5, 5.41) is 3.87. The van der Waals surface area contributed by atoms with Gasteiger partial charge in [0.1, 0.15) is 11.2 Å². The molecule has 1 aromatic carbocycles. The van der Waals surface area contributed by atoms with Crippen molar-refractivity contribution < 1.29 is 14.3 Å². The van der Waals surface area contributed by atoms with Crippen molar-refractivity contribution in [1.29, 1.82) is 0 Å². The van der Waals surface area contributed by atoms with E-state index < -0.39 is 17.4 Å². The van der Waals surface area contributed by atoms with E-state index in [1.165, 1.54) is 13.2 Å². The number of carbonyl (C=O) groups excluding carboxylic acids is 2. The number of hydrogen-bond acceptors (Lipinski definition) is 4. The minimum atomic E-state index is -1.11. The average molecular weight is 321 g/mol. The molecule has 5 nitrogen and oxygen atoms in total. The second-order valence-corrected chi connectivity index (χ2v) is 5.55. The van der Waals surface area contributed by atoms with Crippen LogP contribution in [-0.4, -0.2) is 29.5 Å². The number of nitrogens with one attached hydrogen (secondary N) is 1. The molecule has 0 radical (unpaired) electrons. The molecular weight excluding hydrogens is 304 g/mol. The Labute approximate surface area is 133 Å². The molecule has 0 spiro atoms. The van der Waals surface area contributed by atoms with Gasteiger partial charge in [-0.3, -0.25) is 4.79 Å². The van der Waals surface area contributed by atoms with E-state index in [9.17, 15) is 9.59 Å². The van der Waals surface area contributed by atoms with E-state index >= 15 is 0 Å².